The molecule has 1 aliphatic heterocycles. The van der Waals surface area contributed by atoms with Crippen LogP contribution in [0.4, 0.5) is 9.93 Å². The Morgan fingerprint density at radius 3 is 3.08 bits per heavy atom. The SMILES string of the molecule is COCCNC(=O)N1CCc2nc(NC(=O)c3ccsc3)sc2C1. The molecule has 0 unspecified atom stereocenters. The third kappa shape index (κ3) is 3.92. The van der Waals surface area contributed by atoms with E-state index in [9.17, 15) is 9.59 Å². The van der Waals surface area contributed by atoms with E-state index >= 15 is 0 Å². The summed E-state index contributed by atoms with van der Waals surface area (Å²) in [6.45, 7) is 2.11. The largest absolute Gasteiger partial charge is 0.383 e. The van der Waals surface area contributed by atoms with Gasteiger partial charge in [0.15, 0.2) is 5.13 Å². The first kappa shape index (κ1) is 16.9. The molecule has 9 heteroatoms. The first-order valence-electron chi connectivity index (χ1n) is 7.51. The van der Waals surface area contributed by atoms with Crippen molar-refractivity contribution in [3.05, 3.63) is 33.0 Å². The van der Waals surface area contributed by atoms with Crippen molar-refractivity contribution >= 4 is 39.7 Å². The zero-order valence-electron chi connectivity index (χ0n) is 13.2. The van der Waals surface area contributed by atoms with E-state index in [0.717, 1.165) is 10.6 Å². The van der Waals surface area contributed by atoms with Gasteiger partial charge in [0.25, 0.3) is 5.91 Å². The van der Waals surface area contributed by atoms with Gasteiger partial charge in [-0.1, -0.05) is 11.3 Å². The average Bonchev–Trinajstić information content (AvgIpc) is 3.23. The van der Waals surface area contributed by atoms with Crippen LogP contribution in [0.5, 0.6) is 0 Å². The van der Waals surface area contributed by atoms with Gasteiger partial charge in [0.05, 0.1) is 24.4 Å². The second-order valence-corrected chi connectivity index (χ2v) is 7.11. The number of carbonyl (C=O) groups is 2. The van der Waals surface area contributed by atoms with Crippen LogP contribution in [0.1, 0.15) is 20.9 Å². The number of hydrogen-bond donors (Lipinski definition) is 2. The Labute approximate surface area is 147 Å². The molecule has 24 heavy (non-hydrogen) atoms. The molecule has 3 heterocycles. The molecule has 0 fully saturated rings. The predicted octanol–water partition coefficient (Wildman–Crippen LogP) is 2.17. The summed E-state index contributed by atoms with van der Waals surface area (Å²) in [4.78, 5) is 31.4. The van der Waals surface area contributed by atoms with Gasteiger partial charge in [-0.25, -0.2) is 9.78 Å². The molecule has 0 saturated carbocycles. The number of carbonyl (C=O) groups excluding carboxylic acids is 2. The van der Waals surface area contributed by atoms with E-state index in [4.69, 9.17) is 4.74 Å². The number of amides is 3. The molecule has 0 atom stereocenters. The number of anilines is 1. The highest BCUT2D eigenvalue weighted by Crippen LogP contribution is 2.28. The number of rotatable bonds is 5. The molecule has 1 aliphatic rings. The van der Waals surface area contributed by atoms with Crippen LogP contribution in [0.15, 0.2) is 16.8 Å². The molecule has 0 bridgehead atoms. The predicted molar refractivity (Wildman–Crippen MR) is 93.8 cm³/mol. The third-order valence-corrected chi connectivity index (χ3v) is 5.29. The minimum Gasteiger partial charge on any atom is -0.383 e. The number of hydrogen-bond acceptors (Lipinski definition) is 6. The van der Waals surface area contributed by atoms with Gasteiger partial charge in [-0.05, 0) is 11.4 Å². The number of urea groups is 1. The number of thiazole rings is 1. The van der Waals surface area contributed by atoms with Crippen molar-refractivity contribution in [1.29, 1.82) is 0 Å². The minimum atomic E-state index is -0.156. The summed E-state index contributed by atoms with van der Waals surface area (Å²) in [5.74, 6) is -0.156. The van der Waals surface area contributed by atoms with Crippen LogP contribution < -0.4 is 10.6 Å². The molecule has 0 saturated heterocycles. The average molecular weight is 366 g/mol. The lowest BCUT2D eigenvalue weighted by atomic mass is 10.2. The Morgan fingerprint density at radius 1 is 1.46 bits per heavy atom. The fourth-order valence-electron chi connectivity index (χ4n) is 2.36. The minimum absolute atomic E-state index is 0.102. The summed E-state index contributed by atoms with van der Waals surface area (Å²) in [5.41, 5.74) is 1.59. The molecule has 3 rings (SSSR count). The zero-order valence-corrected chi connectivity index (χ0v) is 14.8. The van der Waals surface area contributed by atoms with E-state index in [1.165, 1.54) is 22.7 Å². The number of nitrogens with zero attached hydrogens (tertiary/aromatic N) is 2. The van der Waals surface area contributed by atoms with Crippen molar-refractivity contribution in [3.63, 3.8) is 0 Å². The maximum atomic E-state index is 12.1. The molecule has 0 radical (unpaired) electrons. The standard InChI is InChI=1S/C15H18N4O3S2/c1-22-6-4-16-15(21)19-5-2-11-12(8-19)24-14(17-11)18-13(20)10-3-7-23-9-10/h3,7,9H,2,4-6,8H2,1H3,(H,16,21)(H,17,18,20). The van der Waals surface area contributed by atoms with E-state index in [0.29, 0.717) is 43.4 Å². The number of ether oxygens (including phenoxy) is 1. The van der Waals surface area contributed by atoms with Gasteiger partial charge in [-0.15, -0.1) is 0 Å². The Hall–Kier alpha value is -1.97. The van der Waals surface area contributed by atoms with E-state index in [-0.39, 0.29) is 11.9 Å². The summed E-state index contributed by atoms with van der Waals surface area (Å²) in [6.07, 6.45) is 0.692. The van der Waals surface area contributed by atoms with Gasteiger partial charge < -0.3 is 15.0 Å². The van der Waals surface area contributed by atoms with E-state index in [1.54, 1.807) is 23.5 Å². The lowest BCUT2D eigenvalue weighted by Gasteiger charge is -2.26. The number of methoxy groups -OCH3 is 1. The maximum absolute atomic E-state index is 12.1. The highest BCUT2D eigenvalue weighted by atomic mass is 32.1. The van der Waals surface area contributed by atoms with Crippen LogP contribution in [-0.4, -0.2) is 48.6 Å². The molecule has 3 amide bonds. The third-order valence-electron chi connectivity index (χ3n) is 3.60. The molecule has 7 nitrogen and oxygen atoms in total. The second kappa shape index (κ2) is 7.73. The zero-order chi connectivity index (χ0) is 16.9. The number of nitrogens with one attached hydrogen (secondary N) is 2. The van der Waals surface area contributed by atoms with Crippen molar-refractivity contribution in [2.75, 3.05) is 32.1 Å². The smallest absolute Gasteiger partial charge is 0.317 e. The first-order chi connectivity index (χ1) is 11.7. The van der Waals surface area contributed by atoms with Gasteiger partial charge in [0.1, 0.15) is 0 Å². The normalized spacial score (nSPS) is 13.5. The lowest BCUT2D eigenvalue weighted by molar-refractivity contribution is 0.102. The number of fused-ring (bicyclic) bond motifs is 1. The molecule has 128 valence electrons. The van der Waals surface area contributed by atoms with Crippen LogP contribution in [0.3, 0.4) is 0 Å². The summed E-state index contributed by atoms with van der Waals surface area (Å²) < 4.78 is 4.93. The first-order valence-corrected chi connectivity index (χ1v) is 9.27. The van der Waals surface area contributed by atoms with Crippen molar-refractivity contribution in [1.82, 2.24) is 15.2 Å². The van der Waals surface area contributed by atoms with Crippen molar-refractivity contribution in [2.45, 2.75) is 13.0 Å². The molecular weight excluding hydrogens is 348 g/mol. The summed E-state index contributed by atoms with van der Waals surface area (Å²) in [7, 11) is 1.60. The van der Waals surface area contributed by atoms with E-state index < -0.39 is 0 Å². The quantitative estimate of drug-likeness (QED) is 0.795. The lowest BCUT2D eigenvalue weighted by Crippen LogP contribution is -2.43. The fourth-order valence-corrected chi connectivity index (χ4v) is 4.01. The Morgan fingerprint density at radius 2 is 2.33 bits per heavy atom. The van der Waals surface area contributed by atoms with Crippen molar-refractivity contribution in [3.8, 4) is 0 Å². The molecule has 0 aliphatic carbocycles. The fraction of sp³-hybridized carbons (Fsp3) is 0.400. The highest BCUT2D eigenvalue weighted by molar-refractivity contribution is 7.16. The van der Waals surface area contributed by atoms with Gasteiger partial charge in [0.2, 0.25) is 0 Å². The summed E-state index contributed by atoms with van der Waals surface area (Å²) >= 11 is 2.90. The second-order valence-electron chi connectivity index (χ2n) is 5.25. The van der Waals surface area contributed by atoms with Gasteiger partial charge in [-0.2, -0.15) is 11.3 Å². The Kier molecular flexibility index (Phi) is 5.44. The molecule has 2 aromatic rings. The van der Waals surface area contributed by atoms with Gasteiger partial charge in [-0.3, -0.25) is 10.1 Å². The molecule has 0 aromatic carbocycles. The van der Waals surface area contributed by atoms with Crippen LogP contribution in [-0.2, 0) is 17.7 Å². The summed E-state index contributed by atoms with van der Waals surface area (Å²) in [5, 5.41) is 9.89. The topological polar surface area (TPSA) is 83.6 Å². The Balaban J connectivity index is 1.60. The molecule has 2 N–H and O–H groups in total. The molecule has 0 spiro atoms. The Bertz CT molecular complexity index is 714. The van der Waals surface area contributed by atoms with Crippen molar-refractivity contribution < 1.29 is 14.3 Å². The number of thiophene rings is 1. The van der Waals surface area contributed by atoms with Gasteiger partial charge >= 0.3 is 6.03 Å². The van der Waals surface area contributed by atoms with E-state index in [1.807, 2.05) is 5.38 Å². The maximum Gasteiger partial charge on any atom is 0.317 e. The van der Waals surface area contributed by atoms with Gasteiger partial charge in [0, 0.05) is 36.9 Å². The monoisotopic (exact) mass is 366 g/mol. The molecular formula is C15H18N4O3S2. The number of aromatic nitrogens is 1. The molecule has 2 aromatic heterocycles. The van der Waals surface area contributed by atoms with Crippen molar-refractivity contribution in [2.24, 2.45) is 0 Å². The van der Waals surface area contributed by atoms with Crippen LogP contribution in [0.2, 0.25) is 0 Å². The summed E-state index contributed by atoms with van der Waals surface area (Å²) in [6, 6.07) is 1.68. The van der Waals surface area contributed by atoms with Crippen LogP contribution in [0, 0.1) is 0 Å². The highest BCUT2D eigenvalue weighted by Gasteiger charge is 2.24. The van der Waals surface area contributed by atoms with Crippen LogP contribution >= 0.6 is 22.7 Å². The van der Waals surface area contributed by atoms with E-state index in [2.05, 4.69) is 15.6 Å². The van der Waals surface area contributed by atoms with Crippen LogP contribution in [0.25, 0.3) is 0 Å².